The average Bonchev–Trinajstić information content (AvgIpc) is 2.82. The minimum Gasteiger partial charge on any atom is -0.496 e. The van der Waals surface area contributed by atoms with Crippen LogP contribution in [0.3, 0.4) is 0 Å². The van der Waals surface area contributed by atoms with Crippen molar-refractivity contribution in [2.24, 2.45) is 0 Å². The smallest absolute Gasteiger partial charge is 0.129 e. The van der Waals surface area contributed by atoms with E-state index in [4.69, 9.17) is 20.0 Å². The highest BCUT2D eigenvalue weighted by atomic mass is 19.1. The standard InChI is InChI=1S/C26H23FN2O2/c1-30-24-14-18(16-28)6-8-20(24)10-12-22-4-3-5-23(26(22)27)13-11-21-9-7-19(17-29)15-25(21)31-2/h3-9,14-15H,10-13H2,1-2H3. The van der Waals surface area contributed by atoms with E-state index in [1.54, 1.807) is 50.6 Å². The quantitative estimate of drug-likeness (QED) is 0.511. The van der Waals surface area contributed by atoms with E-state index in [0.29, 0.717) is 59.4 Å². The Labute approximate surface area is 182 Å². The van der Waals surface area contributed by atoms with Gasteiger partial charge in [0.15, 0.2) is 0 Å². The first-order valence-electron chi connectivity index (χ1n) is 10.00. The Kier molecular flexibility index (Phi) is 7.25. The van der Waals surface area contributed by atoms with Gasteiger partial charge in [-0.2, -0.15) is 10.5 Å². The lowest BCUT2D eigenvalue weighted by Crippen LogP contribution is -2.03. The topological polar surface area (TPSA) is 66.0 Å². The summed E-state index contributed by atoms with van der Waals surface area (Å²) in [6.45, 7) is 0. The van der Waals surface area contributed by atoms with Crippen molar-refractivity contribution in [3.63, 3.8) is 0 Å². The lowest BCUT2D eigenvalue weighted by Gasteiger charge is -2.12. The Morgan fingerprint density at radius 1 is 0.677 bits per heavy atom. The third-order valence-electron chi connectivity index (χ3n) is 5.32. The van der Waals surface area contributed by atoms with Crippen molar-refractivity contribution in [3.05, 3.63) is 93.8 Å². The number of ether oxygens (including phenoxy) is 2. The van der Waals surface area contributed by atoms with Gasteiger partial charge in [-0.25, -0.2) is 4.39 Å². The van der Waals surface area contributed by atoms with Crippen LogP contribution in [0.4, 0.5) is 4.39 Å². The maximum Gasteiger partial charge on any atom is 0.129 e. The second kappa shape index (κ2) is 10.3. The fourth-order valence-corrected chi connectivity index (χ4v) is 3.60. The highest BCUT2D eigenvalue weighted by molar-refractivity contribution is 5.44. The molecule has 0 saturated heterocycles. The van der Waals surface area contributed by atoms with Gasteiger partial charge in [-0.05, 0) is 72.2 Å². The van der Waals surface area contributed by atoms with Gasteiger partial charge in [0, 0.05) is 0 Å². The van der Waals surface area contributed by atoms with Gasteiger partial charge >= 0.3 is 0 Å². The minimum absolute atomic E-state index is 0.192. The number of nitrogens with zero attached hydrogens (tertiary/aromatic N) is 2. The largest absolute Gasteiger partial charge is 0.496 e. The van der Waals surface area contributed by atoms with Crippen LogP contribution in [0.2, 0.25) is 0 Å². The molecular formula is C26H23FN2O2. The van der Waals surface area contributed by atoms with Crippen molar-refractivity contribution in [2.45, 2.75) is 25.7 Å². The predicted molar refractivity (Wildman–Crippen MR) is 117 cm³/mol. The molecule has 3 aromatic rings. The van der Waals surface area contributed by atoms with Crippen LogP contribution in [-0.4, -0.2) is 14.2 Å². The van der Waals surface area contributed by atoms with Crippen molar-refractivity contribution >= 4 is 0 Å². The van der Waals surface area contributed by atoms with E-state index in [1.807, 2.05) is 18.2 Å². The maximum atomic E-state index is 15.1. The summed E-state index contributed by atoms with van der Waals surface area (Å²) in [4.78, 5) is 0. The Bertz CT molecular complexity index is 1070. The predicted octanol–water partition coefficient (Wildman–Crippen LogP) is 5.16. The molecule has 0 saturated carbocycles. The molecule has 3 rings (SSSR count). The van der Waals surface area contributed by atoms with Gasteiger partial charge in [-0.3, -0.25) is 0 Å². The summed E-state index contributed by atoms with van der Waals surface area (Å²) in [5.74, 6) is 1.09. The summed E-state index contributed by atoms with van der Waals surface area (Å²) in [7, 11) is 3.14. The second-order valence-electron chi connectivity index (χ2n) is 7.17. The van der Waals surface area contributed by atoms with Gasteiger partial charge in [-0.1, -0.05) is 30.3 Å². The molecule has 0 amide bonds. The molecule has 31 heavy (non-hydrogen) atoms. The van der Waals surface area contributed by atoms with Crippen molar-refractivity contribution in [1.82, 2.24) is 0 Å². The van der Waals surface area contributed by atoms with Crippen LogP contribution in [-0.2, 0) is 25.7 Å². The Hall–Kier alpha value is -3.83. The number of halogens is 1. The summed E-state index contributed by atoms with van der Waals surface area (Å²) in [6.07, 6.45) is 2.28. The molecule has 0 aliphatic heterocycles. The Morgan fingerprint density at radius 2 is 1.10 bits per heavy atom. The number of methoxy groups -OCH3 is 2. The van der Waals surface area contributed by atoms with E-state index < -0.39 is 0 Å². The number of rotatable bonds is 8. The first-order chi connectivity index (χ1) is 15.1. The van der Waals surface area contributed by atoms with E-state index in [2.05, 4.69) is 12.1 Å². The van der Waals surface area contributed by atoms with E-state index in [9.17, 15) is 0 Å². The highest BCUT2D eigenvalue weighted by Gasteiger charge is 2.12. The third kappa shape index (κ3) is 5.21. The summed E-state index contributed by atoms with van der Waals surface area (Å²) in [6, 6.07) is 20.3. The zero-order chi connectivity index (χ0) is 22.2. The molecule has 0 N–H and O–H groups in total. The Morgan fingerprint density at radius 3 is 1.48 bits per heavy atom. The van der Waals surface area contributed by atoms with E-state index in [-0.39, 0.29) is 5.82 Å². The van der Waals surface area contributed by atoms with Crippen molar-refractivity contribution in [2.75, 3.05) is 14.2 Å². The van der Waals surface area contributed by atoms with Gasteiger partial charge in [0.25, 0.3) is 0 Å². The van der Waals surface area contributed by atoms with Crippen molar-refractivity contribution in [1.29, 1.82) is 10.5 Å². The van der Waals surface area contributed by atoms with Crippen LogP contribution in [0.15, 0.2) is 54.6 Å². The molecule has 0 spiro atoms. The first kappa shape index (κ1) is 21.9. The molecule has 0 radical (unpaired) electrons. The zero-order valence-corrected chi connectivity index (χ0v) is 17.6. The molecule has 0 bridgehead atoms. The highest BCUT2D eigenvalue weighted by Crippen LogP contribution is 2.25. The van der Waals surface area contributed by atoms with Crippen LogP contribution < -0.4 is 9.47 Å². The van der Waals surface area contributed by atoms with Gasteiger partial charge in [0.2, 0.25) is 0 Å². The number of hydrogen-bond donors (Lipinski definition) is 0. The fourth-order valence-electron chi connectivity index (χ4n) is 3.60. The average molecular weight is 414 g/mol. The molecule has 0 unspecified atom stereocenters. The zero-order valence-electron chi connectivity index (χ0n) is 17.6. The molecule has 5 heteroatoms. The Balaban J connectivity index is 1.73. The van der Waals surface area contributed by atoms with Gasteiger partial charge in [0.05, 0.1) is 37.5 Å². The molecule has 0 aliphatic rings. The molecule has 156 valence electrons. The SMILES string of the molecule is COc1cc(C#N)ccc1CCc1cccc(CCc2ccc(C#N)cc2OC)c1F. The monoisotopic (exact) mass is 414 g/mol. The maximum absolute atomic E-state index is 15.1. The number of benzene rings is 3. The fraction of sp³-hybridized carbons (Fsp3) is 0.231. The van der Waals surface area contributed by atoms with Gasteiger partial charge in [0.1, 0.15) is 17.3 Å². The molecule has 0 fully saturated rings. The van der Waals surface area contributed by atoms with Crippen LogP contribution in [0.5, 0.6) is 11.5 Å². The molecule has 3 aromatic carbocycles. The van der Waals surface area contributed by atoms with E-state index in [1.165, 1.54) is 0 Å². The van der Waals surface area contributed by atoms with Gasteiger partial charge < -0.3 is 9.47 Å². The summed E-state index contributed by atoms with van der Waals surface area (Å²) in [5.41, 5.74) is 4.24. The number of aryl methyl sites for hydroxylation is 4. The molecule has 0 aromatic heterocycles. The molecule has 0 aliphatic carbocycles. The number of nitriles is 2. The molecule has 4 nitrogen and oxygen atoms in total. The minimum atomic E-state index is -0.192. The van der Waals surface area contributed by atoms with Crippen LogP contribution in [0.1, 0.15) is 33.4 Å². The second-order valence-corrected chi connectivity index (χ2v) is 7.17. The normalized spacial score (nSPS) is 10.2. The van der Waals surface area contributed by atoms with Crippen LogP contribution in [0.25, 0.3) is 0 Å². The van der Waals surface area contributed by atoms with Crippen LogP contribution in [0, 0.1) is 28.5 Å². The number of hydrogen-bond acceptors (Lipinski definition) is 4. The lowest BCUT2D eigenvalue weighted by atomic mass is 9.97. The summed E-state index contributed by atoms with van der Waals surface area (Å²) >= 11 is 0. The third-order valence-corrected chi connectivity index (χ3v) is 5.32. The van der Waals surface area contributed by atoms with E-state index >= 15 is 4.39 Å². The van der Waals surface area contributed by atoms with Crippen molar-refractivity contribution < 1.29 is 13.9 Å². The lowest BCUT2D eigenvalue weighted by molar-refractivity contribution is 0.409. The molecular weight excluding hydrogens is 391 g/mol. The van der Waals surface area contributed by atoms with Gasteiger partial charge in [-0.15, -0.1) is 0 Å². The summed E-state index contributed by atoms with van der Waals surface area (Å²) in [5, 5.41) is 18.1. The first-order valence-corrected chi connectivity index (χ1v) is 10.00. The molecule has 0 atom stereocenters. The van der Waals surface area contributed by atoms with Crippen LogP contribution >= 0.6 is 0 Å². The summed E-state index contributed by atoms with van der Waals surface area (Å²) < 4.78 is 25.9. The van der Waals surface area contributed by atoms with E-state index in [0.717, 1.165) is 11.1 Å². The molecule has 0 heterocycles. The van der Waals surface area contributed by atoms with Crippen molar-refractivity contribution in [3.8, 4) is 23.6 Å².